The summed E-state index contributed by atoms with van der Waals surface area (Å²) in [6.07, 6.45) is 2.65. The lowest BCUT2D eigenvalue weighted by Crippen LogP contribution is -2.34. The molecule has 1 aliphatic rings. The molecule has 9 nitrogen and oxygen atoms in total. The standard InChI is InChI=1S/C14H14N6O3/c1-9-2-3-12(20-8-15-17-18-20)10(6-9)16-11-7-13(22)19(4-5-21)14(11)23/h2-3,6-8,16,21H,4-5H2,1H3. The number of rotatable bonds is 5. The van der Waals surface area contributed by atoms with Crippen LogP contribution >= 0.6 is 0 Å². The zero-order valence-electron chi connectivity index (χ0n) is 12.3. The molecule has 2 aromatic rings. The largest absolute Gasteiger partial charge is 0.395 e. The van der Waals surface area contributed by atoms with Crippen molar-refractivity contribution in [2.75, 3.05) is 18.5 Å². The fourth-order valence-electron chi connectivity index (χ4n) is 2.28. The Morgan fingerprint density at radius 2 is 2.13 bits per heavy atom. The molecule has 0 saturated carbocycles. The minimum atomic E-state index is -0.478. The lowest BCUT2D eigenvalue weighted by atomic mass is 10.2. The average molecular weight is 314 g/mol. The second-order valence-corrected chi connectivity index (χ2v) is 4.98. The predicted octanol–water partition coefficient (Wildman–Crippen LogP) is -0.372. The Hall–Kier alpha value is -3.07. The summed E-state index contributed by atoms with van der Waals surface area (Å²) < 4.78 is 1.45. The number of benzene rings is 1. The molecule has 1 aromatic carbocycles. The van der Waals surface area contributed by atoms with Crippen LogP contribution < -0.4 is 5.32 Å². The monoisotopic (exact) mass is 314 g/mol. The van der Waals surface area contributed by atoms with Crippen molar-refractivity contribution in [3.8, 4) is 5.69 Å². The maximum absolute atomic E-state index is 12.2. The average Bonchev–Trinajstić information content (AvgIpc) is 3.13. The van der Waals surface area contributed by atoms with Gasteiger partial charge in [-0.1, -0.05) is 6.07 Å². The number of β-amino-alcohol motifs (C(OH)–C–C–N with tert-alkyl or cyclic N) is 1. The molecule has 0 unspecified atom stereocenters. The number of amides is 2. The number of tetrazole rings is 1. The number of aromatic nitrogens is 4. The SMILES string of the molecule is Cc1ccc(-n2cnnn2)c(NC2=CC(=O)N(CCO)C2=O)c1. The molecule has 0 spiro atoms. The van der Waals surface area contributed by atoms with Crippen LogP contribution in [0.5, 0.6) is 0 Å². The number of hydrogen-bond donors (Lipinski definition) is 2. The van der Waals surface area contributed by atoms with E-state index in [1.54, 1.807) is 6.07 Å². The highest BCUT2D eigenvalue weighted by molar-refractivity contribution is 6.17. The Morgan fingerprint density at radius 3 is 2.83 bits per heavy atom. The number of aliphatic hydroxyl groups is 1. The van der Waals surface area contributed by atoms with Crippen LogP contribution in [0.4, 0.5) is 5.69 Å². The Kier molecular flexibility index (Phi) is 3.85. The van der Waals surface area contributed by atoms with E-state index in [0.717, 1.165) is 10.5 Å². The van der Waals surface area contributed by atoms with E-state index in [1.807, 2.05) is 19.1 Å². The van der Waals surface area contributed by atoms with Crippen LogP contribution in [0.3, 0.4) is 0 Å². The molecule has 0 saturated heterocycles. The van der Waals surface area contributed by atoms with Crippen molar-refractivity contribution in [2.24, 2.45) is 0 Å². The molecule has 3 rings (SSSR count). The van der Waals surface area contributed by atoms with Gasteiger partial charge in [0.2, 0.25) is 0 Å². The molecule has 0 bridgehead atoms. The number of nitrogens with one attached hydrogen (secondary N) is 1. The molecule has 0 aliphatic carbocycles. The van der Waals surface area contributed by atoms with Crippen molar-refractivity contribution in [2.45, 2.75) is 6.92 Å². The normalized spacial score (nSPS) is 14.3. The molecule has 118 valence electrons. The maximum Gasteiger partial charge on any atom is 0.277 e. The van der Waals surface area contributed by atoms with Gasteiger partial charge in [0.05, 0.1) is 24.5 Å². The van der Waals surface area contributed by atoms with Gasteiger partial charge in [0.25, 0.3) is 11.8 Å². The number of carbonyl (C=O) groups is 2. The quantitative estimate of drug-likeness (QED) is 0.724. The van der Waals surface area contributed by atoms with Crippen LogP contribution in [-0.4, -0.2) is 55.2 Å². The third kappa shape index (κ3) is 2.81. The van der Waals surface area contributed by atoms with Crippen LogP contribution in [0.1, 0.15) is 5.56 Å². The summed E-state index contributed by atoms with van der Waals surface area (Å²) in [7, 11) is 0. The van der Waals surface area contributed by atoms with Crippen LogP contribution in [-0.2, 0) is 9.59 Å². The van der Waals surface area contributed by atoms with Crippen molar-refractivity contribution < 1.29 is 14.7 Å². The van der Waals surface area contributed by atoms with Crippen LogP contribution in [0, 0.1) is 6.92 Å². The van der Waals surface area contributed by atoms with Gasteiger partial charge in [-0.05, 0) is 35.0 Å². The fraction of sp³-hybridized carbons (Fsp3) is 0.214. The highest BCUT2D eigenvalue weighted by Gasteiger charge is 2.31. The molecule has 2 N–H and O–H groups in total. The predicted molar refractivity (Wildman–Crippen MR) is 79.4 cm³/mol. The van der Waals surface area contributed by atoms with Crippen molar-refractivity contribution in [1.82, 2.24) is 25.1 Å². The third-order valence-corrected chi connectivity index (χ3v) is 3.35. The van der Waals surface area contributed by atoms with Crippen LogP contribution in [0.15, 0.2) is 36.3 Å². The molecule has 1 aromatic heterocycles. The summed E-state index contributed by atoms with van der Waals surface area (Å²) in [6, 6.07) is 5.52. The van der Waals surface area contributed by atoms with E-state index >= 15 is 0 Å². The Labute approximate surface area is 131 Å². The van der Waals surface area contributed by atoms with Crippen molar-refractivity contribution in [3.63, 3.8) is 0 Å². The number of anilines is 1. The topological polar surface area (TPSA) is 113 Å². The molecule has 2 amide bonds. The van der Waals surface area contributed by atoms with E-state index in [1.165, 1.54) is 17.1 Å². The Bertz CT molecular complexity index is 784. The second-order valence-electron chi connectivity index (χ2n) is 4.98. The van der Waals surface area contributed by atoms with Crippen molar-refractivity contribution >= 4 is 17.5 Å². The highest BCUT2D eigenvalue weighted by atomic mass is 16.3. The molecule has 23 heavy (non-hydrogen) atoms. The third-order valence-electron chi connectivity index (χ3n) is 3.35. The zero-order chi connectivity index (χ0) is 16.4. The number of imide groups is 1. The summed E-state index contributed by atoms with van der Waals surface area (Å²) in [5.41, 5.74) is 2.34. The van der Waals surface area contributed by atoms with Crippen molar-refractivity contribution in [3.05, 3.63) is 41.9 Å². The smallest absolute Gasteiger partial charge is 0.277 e. The van der Waals surface area contributed by atoms with Gasteiger partial charge in [-0.3, -0.25) is 14.5 Å². The Balaban J connectivity index is 1.92. The number of carbonyl (C=O) groups excluding carboxylic acids is 2. The lowest BCUT2D eigenvalue weighted by Gasteiger charge is -2.15. The maximum atomic E-state index is 12.2. The van der Waals surface area contributed by atoms with Gasteiger partial charge in [0.15, 0.2) is 0 Å². The van der Waals surface area contributed by atoms with E-state index in [0.29, 0.717) is 11.4 Å². The highest BCUT2D eigenvalue weighted by Crippen LogP contribution is 2.24. The first-order chi connectivity index (χ1) is 11.1. The molecule has 9 heteroatoms. The van der Waals surface area contributed by atoms with E-state index in [9.17, 15) is 9.59 Å². The van der Waals surface area contributed by atoms with Gasteiger partial charge in [-0.2, -0.15) is 4.68 Å². The molecule has 0 atom stereocenters. The lowest BCUT2D eigenvalue weighted by molar-refractivity contribution is -0.137. The first kappa shape index (κ1) is 14.9. The Morgan fingerprint density at radius 1 is 1.30 bits per heavy atom. The number of aryl methyl sites for hydroxylation is 1. The number of nitrogens with zero attached hydrogens (tertiary/aromatic N) is 5. The van der Waals surface area contributed by atoms with Crippen LogP contribution in [0.25, 0.3) is 5.69 Å². The summed E-state index contributed by atoms with van der Waals surface area (Å²) in [5.74, 6) is -0.934. The summed E-state index contributed by atoms with van der Waals surface area (Å²) in [5, 5.41) is 22.9. The van der Waals surface area contributed by atoms with Crippen molar-refractivity contribution in [1.29, 1.82) is 0 Å². The molecular weight excluding hydrogens is 300 g/mol. The van der Waals surface area contributed by atoms with Gasteiger partial charge in [0.1, 0.15) is 12.0 Å². The van der Waals surface area contributed by atoms with Gasteiger partial charge in [-0.25, -0.2) is 0 Å². The number of aliphatic hydroxyl groups excluding tert-OH is 1. The minimum absolute atomic E-state index is 0.0347. The first-order valence-electron chi connectivity index (χ1n) is 6.89. The summed E-state index contributed by atoms with van der Waals surface area (Å²) in [4.78, 5) is 25.0. The molecule has 0 radical (unpaired) electrons. The number of hydrogen-bond acceptors (Lipinski definition) is 7. The zero-order valence-corrected chi connectivity index (χ0v) is 12.3. The van der Waals surface area contributed by atoms with E-state index in [4.69, 9.17) is 5.11 Å². The van der Waals surface area contributed by atoms with E-state index < -0.39 is 11.8 Å². The van der Waals surface area contributed by atoms with Crippen LogP contribution in [0.2, 0.25) is 0 Å². The summed E-state index contributed by atoms with van der Waals surface area (Å²) >= 11 is 0. The first-order valence-corrected chi connectivity index (χ1v) is 6.89. The second kappa shape index (κ2) is 5.97. The van der Waals surface area contributed by atoms with Gasteiger partial charge in [0, 0.05) is 6.08 Å². The van der Waals surface area contributed by atoms with E-state index in [2.05, 4.69) is 20.8 Å². The summed E-state index contributed by atoms with van der Waals surface area (Å²) in [6.45, 7) is 1.59. The fourth-order valence-corrected chi connectivity index (χ4v) is 2.28. The molecule has 0 fully saturated rings. The molecule has 2 heterocycles. The van der Waals surface area contributed by atoms with E-state index in [-0.39, 0.29) is 18.8 Å². The molecule has 1 aliphatic heterocycles. The van der Waals surface area contributed by atoms with Gasteiger partial charge >= 0.3 is 0 Å². The van der Waals surface area contributed by atoms with Gasteiger partial charge in [-0.15, -0.1) is 5.10 Å². The molecular formula is C14H14N6O3. The minimum Gasteiger partial charge on any atom is -0.395 e. The van der Waals surface area contributed by atoms with Gasteiger partial charge < -0.3 is 10.4 Å².